The van der Waals surface area contributed by atoms with E-state index in [2.05, 4.69) is 17.2 Å². The Morgan fingerprint density at radius 1 is 1.24 bits per heavy atom. The van der Waals surface area contributed by atoms with E-state index in [1.165, 1.54) is 25.3 Å². The van der Waals surface area contributed by atoms with E-state index in [1.807, 2.05) is 30.3 Å². The lowest BCUT2D eigenvalue weighted by molar-refractivity contribution is -0.117. The smallest absolute Gasteiger partial charge is 0.247 e. The van der Waals surface area contributed by atoms with Crippen LogP contribution in [-0.2, 0) is 26.0 Å². The lowest BCUT2D eigenvalue weighted by atomic mass is 10.1. The highest BCUT2D eigenvalue weighted by molar-refractivity contribution is 7.89. The number of benzene rings is 2. The number of hydrogen-bond donors (Lipinski definition) is 3. The average Bonchev–Trinajstić information content (AvgIpc) is 3.26. The molecule has 2 aromatic carbocycles. The normalized spacial score (nSPS) is 18.3. The van der Waals surface area contributed by atoms with Crippen LogP contribution in [-0.4, -0.2) is 62.0 Å². The van der Waals surface area contributed by atoms with E-state index in [4.69, 9.17) is 4.74 Å². The van der Waals surface area contributed by atoms with Crippen molar-refractivity contribution in [3.05, 3.63) is 66.7 Å². The summed E-state index contributed by atoms with van der Waals surface area (Å²) in [6.45, 7) is 3.01. The molecule has 9 nitrogen and oxygen atoms in total. The lowest BCUT2D eigenvalue weighted by Gasteiger charge is -2.23. The number of sulfonamides is 1. The van der Waals surface area contributed by atoms with Crippen LogP contribution in [0, 0.1) is 0 Å². The molecular formula is C24H29N3O6S. The number of anilines is 1. The third-order valence-electron chi connectivity index (χ3n) is 5.62. The zero-order chi connectivity index (χ0) is 24.7. The Morgan fingerprint density at radius 2 is 1.97 bits per heavy atom. The van der Waals surface area contributed by atoms with Gasteiger partial charge in [0.2, 0.25) is 21.8 Å². The standard InChI is InChI=1S/C24H29N3O6S/c1-3-23(29)26-19-13-20(16-28)27(15-19)34(31,32)22-11-10-18(14-21(22)33-2)25-24(30)12-9-17-7-5-4-6-8-17/h3-8,10-11,14,19-20,28H,1,9,12-13,15-16H2,2H3,(H,25,30)(H,26,29). The Morgan fingerprint density at radius 3 is 2.62 bits per heavy atom. The molecule has 1 fully saturated rings. The first-order valence-electron chi connectivity index (χ1n) is 10.9. The van der Waals surface area contributed by atoms with Crippen molar-refractivity contribution >= 4 is 27.5 Å². The van der Waals surface area contributed by atoms with Crippen molar-refractivity contribution in [1.82, 2.24) is 9.62 Å². The molecule has 2 atom stereocenters. The third-order valence-corrected chi connectivity index (χ3v) is 7.58. The Bertz CT molecular complexity index is 1140. The molecule has 0 bridgehead atoms. The zero-order valence-corrected chi connectivity index (χ0v) is 19.8. The Labute approximate surface area is 199 Å². The topological polar surface area (TPSA) is 125 Å². The van der Waals surface area contributed by atoms with Crippen molar-refractivity contribution < 1.29 is 27.9 Å². The van der Waals surface area contributed by atoms with Crippen molar-refractivity contribution in [1.29, 1.82) is 0 Å². The van der Waals surface area contributed by atoms with Gasteiger partial charge in [-0.05, 0) is 36.6 Å². The van der Waals surface area contributed by atoms with Crippen LogP contribution < -0.4 is 15.4 Å². The van der Waals surface area contributed by atoms with Gasteiger partial charge < -0.3 is 20.5 Å². The van der Waals surface area contributed by atoms with Crippen LogP contribution >= 0.6 is 0 Å². The van der Waals surface area contributed by atoms with Crippen LogP contribution in [0.3, 0.4) is 0 Å². The second-order valence-electron chi connectivity index (χ2n) is 7.96. The summed E-state index contributed by atoms with van der Waals surface area (Å²) in [5.74, 6) is -0.552. The highest BCUT2D eigenvalue weighted by atomic mass is 32.2. The number of carbonyl (C=O) groups excluding carboxylic acids is 2. The monoisotopic (exact) mass is 487 g/mol. The molecule has 3 N–H and O–H groups in total. The number of ether oxygens (including phenoxy) is 1. The Balaban J connectivity index is 1.74. The maximum absolute atomic E-state index is 13.4. The van der Waals surface area contributed by atoms with E-state index in [-0.39, 0.29) is 35.9 Å². The van der Waals surface area contributed by atoms with Crippen molar-refractivity contribution in [2.75, 3.05) is 25.6 Å². The summed E-state index contributed by atoms with van der Waals surface area (Å²) in [6, 6.07) is 12.8. The summed E-state index contributed by atoms with van der Waals surface area (Å²) in [5.41, 5.74) is 1.45. The number of nitrogens with zero attached hydrogens (tertiary/aromatic N) is 1. The minimum Gasteiger partial charge on any atom is -0.495 e. The second-order valence-corrected chi connectivity index (χ2v) is 9.81. The molecule has 0 spiro atoms. The summed E-state index contributed by atoms with van der Waals surface area (Å²) in [7, 11) is -2.71. The number of methoxy groups -OCH3 is 1. The molecule has 3 rings (SSSR count). The van der Waals surface area contributed by atoms with Gasteiger partial charge in [0.25, 0.3) is 0 Å². The van der Waals surface area contributed by atoms with Gasteiger partial charge in [-0.2, -0.15) is 4.31 Å². The van der Waals surface area contributed by atoms with Crippen molar-refractivity contribution in [2.45, 2.75) is 36.2 Å². The van der Waals surface area contributed by atoms with Gasteiger partial charge in [-0.25, -0.2) is 8.42 Å². The summed E-state index contributed by atoms with van der Waals surface area (Å²) < 4.78 is 33.3. The Hall–Kier alpha value is -3.21. The Kier molecular flexibility index (Phi) is 8.43. The fourth-order valence-corrected chi connectivity index (χ4v) is 5.73. The van der Waals surface area contributed by atoms with Gasteiger partial charge in [0, 0.05) is 30.8 Å². The highest BCUT2D eigenvalue weighted by Crippen LogP contribution is 2.33. The molecule has 182 valence electrons. The van der Waals surface area contributed by atoms with Crippen LogP contribution in [0.5, 0.6) is 5.75 Å². The molecule has 2 amide bonds. The van der Waals surface area contributed by atoms with Gasteiger partial charge >= 0.3 is 0 Å². The van der Waals surface area contributed by atoms with Gasteiger partial charge in [0.15, 0.2) is 0 Å². The number of nitrogens with one attached hydrogen (secondary N) is 2. The summed E-state index contributed by atoms with van der Waals surface area (Å²) in [4.78, 5) is 23.9. The van der Waals surface area contributed by atoms with Crippen LogP contribution in [0.15, 0.2) is 66.1 Å². The van der Waals surface area contributed by atoms with E-state index in [9.17, 15) is 23.1 Å². The van der Waals surface area contributed by atoms with Crippen LogP contribution in [0.1, 0.15) is 18.4 Å². The molecule has 1 heterocycles. The molecule has 0 aliphatic carbocycles. The van der Waals surface area contributed by atoms with Crippen molar-refractivity contribution in [3.63, 3.8) is 0 Å². The number of aliphatic hydroxyl groups excluding tert-OH is 1. The summed E-state index contributed by atoms with van der Waals surface area (Å²) in [6.07, 6.45) is 2.24. The van der Waals surface area contributed by atoms with Crippen molar-refractivity contribution in [3.8, 4) is 5.75 Å². The number of hydrogen-bond acceptors (Lipinski definition) is 6. The molecule has 34 heavy (non-hydrogen) atoms. The fourth-order valence-electron chi connectivity index (χ4n) is 3.92. The number of rotatable bonds is 10. The summed E-state index contributed by atoms with van der Waals surface area (Å²) in [5, 5.41) is 15.2. The van der Waals surface area contributed by atoms with Crippen molar-refractivity contribution in [2.24, 2.45) is 0 Å². The minimum absolute atomic E-state index is 0.00820. The molecular weight excluding hydrogens is 458 g/mol. The zero-order valence-electron chi connectivity index (χ0n) is 18.9. The van der Waals surface area contributed by atoms with E-state index in [0.29, 0.717) is 12.1 Å². The fraction of sp³-hybridized carbons (Fsp3) is 0.333. The quantitative estimate of drug-likeness (QED) is 0.438. The van der Waals surface area contributed by atoms with Crippen LogP contribution in [0.25, 0.3) is 0 Å². The van der Waals surface area contributed by atoms with Gasteiger partial charge in [-0.3, -0.25) is 9.59 Å². The number of carbonyl (C=O) groups is 2. The van der Waals surface area contributed by atoms with Crippen LogP contribution in [0.4, 0.5) is 5.69 Å². The van der Waals surface area contributed by atoms with E-state index in [0.717, 1.165) is 15.9 Å². The van der Waals surface area contributed by atoms with E-state index < -0.39 is 34.6 Å². The molecule has 0 radical (unpaired) electrons. The predicted octanol–water partition coefficient (Wildman–Crippen LogP) is 1.69. The average molecular weight is 488 g/mol. The van der Waals surface area contributed by atoms with Gasteiger partial charge in [0.05, 0.1) is 19.8 Å². The summed E-state index contributed by atoms with van der Waals surface area (Å²) >= 11 is 0. The second kappa shape index (κ2) is 11.3. The molecule has 1 saturated heterocycles. The number of aliphatic hydroxyl groups is 1. The molecule has 2 unspecified atom stereocenters. The molecule has 0 saturated carbocycles. The van der Waals surface area contributed by atoms with Gasteiger partial charge in [-0.1, -0.05) is 36.9 Å². The largest absolute Gasteiger partial charge is 0.495 e. The predicted molar refractivity (Wildman–Crippen MR) is 128 cm³/mol. The van der Waals surface area contributed by atoms with Gasteiger partial charge in [0.1, 0.15) is 10.6 Å². The SMILES string of the molecule is C=CC(=O)NC1CC(CO)N(S(=O)(=O)c2ccc(NC(=O)CCc3ccccc3)cc2OC)C1. The minimum atomic E-state index is -4.05. The lowest BCUT2D eigenvalue weighted by Crippen LogP contribution is -2.39. The maximum Gasteiger partial charge on any atom is 0.247 e. The van der Waals surface area contributed by atoms with Crippen LogP contribution in [0.2, 0.25) is 0 Å². The highest BCUT2D eigenvalue weighted by Gasteiger charge is 2.41. The first kappa shape index (κ1) is 25.4. The number of amides is 2. The molecule has 2 aromatic rings. The third kappa shape index (κ3) is 6.02. The first-order chi connectivity index (χ1) is 16.3. The molecule has 1 aliphatic heterocycles. The maximum atomic E-state index is 13.4. The molecule has 1 aliphatic rings. The first-order valence-corrected chi connectivity index (χ1v) is 12.3. The van der Waals surface area contributed by atoms with Gasteiger partial charge in [-0.15, -0.1) is 0 Å². The number of aryl methyl sites for hydroxylation is 1. The molecule has 10 heteroatoms. The molecule has 0 aromatic heterocycles. The van der Waals surface area contributed by atoms with E-state index in [1.54, 1.807) is 0 Å². The van der Waals surface area contributed by atoms with E-state index >= 15 is 0 Å².